The molecule has 0 fully saturated rings. The molecule has 0 spiro atoms. The van der Waals surface area contributed by atoms with Crippen LogP contribution in [0.1, 0.15) is 33.4 Å². The van der Waals surface area contributed by atoms with Crippen molar-refractivity contribution in [3.8, 4) is 5.88 Å². The summed E-state index contributed by atoms with van der Waals surface area (Å²) in [4.78, 5) is 21.5. The molecule has 0 saturated carbocycles. The zero-order valence-electron chi connectivity index (χ0n) is 16.9. The van der Waals surface area contributed by atoms with Crippen LogP contribution in [0.5, 0.6) is 5.88 Å². The van der Waals surface area contributed by atoms with E-state index in [-0.39, 0.29) is 11.7 Å². The molecule has 6 nitrogen and oxygen atoms in total. The van der Waals surface area contributed by atoms with Crippen LogP contribution in [0.4, 0.5) is 4.39 Å². The van der Waals surface area contributed by atoms with Gasteiger partial charge in [-0.05, 0) is 29.3 Å². The van der Waals surface area contributed by atoms with Gasteiger partial charge in [0, 0.05) is 37.3 Å². The molecule has 2 aromatic carbocycles. The van der Waals surface area contributed by atoms with E-state index in [0.29, 0.717) is 29.4 Å². The second kappa shape index (κ2) is 9.21. The van der Waals surface area contributed by atoms with Gasteiger partial charge in [0.05, 0.1) is 0 Å². The molecule has 0 saturated heterocycles. The minimum atomic E-state index is -0.620. The number of hydrogen-bond acceptors (Lipinski definition) is 4. The molecular formula is C24H21FN4O2. The highest BCUT2D eigenvalue weighted by Crippen LogP contribution is 2.22. The Morgan fingerprint density at radius 1 is 1.06 bits per heavy atom. The third kappa shape index (κ3) is 4.95. The Morgan fingerprint density at radius 2 is 1.90 bits per heavy atom. The van der Waals surface area contributed by atoms with Crippen LogP contribution in [0, 0.1) is 5.82 Å². The fraction of sp³-hybridized carbons (Fsp3) is 0.125. The number of carbonyl (C=O) groups excluding carboxylic acids is 1. The van der Waals surface area contributed by atoms with Crippen molar-refractivity contribution in [2.45, 2.75) is 12.6 Å². The maximum absolute atomic E-state index is 13.8. The van der Waals surface area contributed by atoms with Gasteiger partial charge in [-0.25, -0.2) is 14.4 Å². The standard InChI is InChI=1S/C24H21FN4O2/c1-29-13-12-27-23(29)22(18-8-5-9-20(25)14-18)28-24(30)19-10-11-26-21(15-19)31-16-17-6-3-2-4-7-17/h2-15,22H,16H2,1H3,(H,28,30). The van der Waals surface area contributed by atoms with Crippen molar-refractivity contribution < 1.29 is 13.9 Å². The van der Waals surface area contributed by atoms with Crippen LogP contribution in [0.25, 0.3) is 0 Å². The van der Waals surface area contributed by atoms with Gasteiger partial charge in [-0.2, -0.15) is 0 Å². The number of rotatable bonds is 7. The lowest BCUT2D eigenvalue weighted by Gasteiger charge is -2.19. The number of amides is 1. The lowest BCUT2D eigenvalue weighted by atomic mass is 10.1. The normalized spacial score (nSPS) is 11.7. The summed E-state index contributed by atoms with van der Waals surface area (Å²) in [6.07, 6.45) is 4.93. The summed E-state index contributed by atoms with van der Waals surface area (Å²) in [6, 6.07) is 18.4. The molecule has 1 atom stereocenters. The number of aromatic nitrogens is 3. The number of halogens is 1. The fourth-order valence-corrected chi connectivity index (χ4v) is 3.21. The molecule has 0 aliphatic heterocycles. The van der Waals surface area contributed by atoms with Crippen molar-refractivity contribution in [2.75, 3.05) is 0 Å². The number of nitrogens with one attached hydrogen (secondary N) is 1. The van der Waals surface area contributed by atoms with Crippen LogP contribution in [-0.4, -0.2) is 20.4 Å². The van der Waals surface area contributed by atoms with Gasteiger partial charge in [0.15, 0.2) is 0 Å². The molecule has 1 N–H and O–H groups in total. The van der Waals surface area contributed by atoms with Crippen molar-refractivity contribution in [2.24, 2.45) is 7.05 Å². The van der Waals surface area contributed by atoms with E-state index in [1.54, 1.807) is 41.2 Å². The summed E-state index contributed by atoms with van der Waals surface area (Å²) in [7, 11) is 1.82. The second-order valence-corrected chi connectivity index (χ2v) is 7.01. The summed E-state index contributed by atoms with van der Waals surface area (Å²) < 4.78 is 21.4. The van der Waals surface area contributed by atoms with E-state index in [0.717, 1.165) is 5.56 Å². The number of imidazole rings is 1. The first-order valence-corrected chi connectivity index (χ1v) is 9.76. The number of benzene rings is 2. The number of aryl methyl sites for hydroxylation is 1. The molecule has 1 amide bonds. The van der Waals surface area contributed by atoms with Crippen LogP contribution in [0.15, 0.2) is 85.3 Å². The summed E-state index contributed by atoms with van der Waals surface area (Å²) in [5, 5.41) is 2.95. The largest absolute Gasteiger partial charge is 0.473 e. The molecular weight excluding hydrogens is 395 g/mol. The molecule has 31 heavy (non-hydrogen) atoms. The third-order valence-electron chi connectivity index (χ3n) is 4.80. The van der Waals surface area contributed by atoms with E-state index >= 15 is 0 Å². The van der Waals surface area contributed by atoms with E-state index < -0.39 is 6.04 Å². The maximum atomic E-state index is 13.8. The van der Waals surface area contributed by atoms with Gasteiger partial charge in [-0.1, -0.05) is 42.5 Å². The number of nitrogens with zero attached hydrogens (tertiary/aromatic N) is 3. The Kier molecular flexibility index (Phi) is 6.03. The number of carbonyl (C=O) groups is 1. The van der Waals surface area contributed by atoms with E-state index in [1.165, 1.54) is 18.3 Å². The minimum Gasteiger partial charge on any atom is -0.473 e. The summed E-state index contributed by atoms with van der Waals surface area (Å²) in [5.41, 5.74) is 1.98. The second-order valence-electron chi connectivity index (χ2n) is 7.01. The van der Waals surface area contributed by atoms with Gasteiger partial charge in [-0.15, -0.1) is 0 Å². The molecule has 4 aromatic rings. The topological polar surface area (TPSA) is 69.0 Å². The zero-order valence-corrected chi connectivity index (χ0v) is 16.9. The Hall–Kier alpha value is -4.00. The van der Waals surface area contributed by atoms with Gasteiger partial charge in [-0.3, -0.25) is 4.79 Å². The lowest BCUT2D eigenvalue weighted by molar-refractivity contribution is 0.0940. The van der Waals surface area contributed by atoms with Crippen molar-refractivity contribution in [3.05, 3.63) is 114 Å². The molecule has 156 valence electrons. The first-order valence-electron chi connectivity index (χ1n) is 9.76. The van der Waals surface area contributed by atoms with Gasteiger partial charge in [0.2, 0.25) is 5.88 Å². The Morgan fingerprint density at radius 3 is 2.65 bits per heavy atom. The number of ether oxygens (including phenoxy) is 1. The van der Waals surface area contributed by atoms with E-state index in [1.807, 2.05) is 37.4 Å². The highest BCUT2D eigenvalue weighted by atomic mass is 19.1. The average Bonchev–Trinajstić information content (AvgIpc) is 3.22. The summed E-state index contributed by atoms with van der Waals surface area (Å²) in [6.45, 7) is 0.345. The minimum absolute atomic E-state index is 0.343. The van der Waals surface area contributed by atoms with Crippen molar-refractivity contribution in [3.63, 3.8) is 0 Å². The molecule has 2 heterocycles. The maximum Gasteiger partial charge on any atom is 0.252 e. The monoisotopic (exact) mass is 416 g/mol. The Labute approximate surface area is 179 Å². The number of hydrogen-bond donors (Lipinski definition) is 1. The molecule has 1 unspecified atom stereocenters. The highest BCUT2D eigenvalue weighted by Gasteiger charge is 2.22. The predicted molar refractivity (Wildman–Crippen MR) is 114 cm³/mol. The van der Waals surface area contributed by atoms with Crippen molar-refractivity contribution >= 4 is 5.91 Å². The molecule has 7 heteroatoms. The first-order chi connectivity index (χ1) is 15.1. The van der Waals surface area contributed by atoms with E-state index in [4.69, 9.17) is 4.74 Å². The predicted octanol–water partition coefficient (Wildman–Crippen LogP) is 4.05. The summed E-state index contributed by atoms with van der Waals surface area (Å²) in [5.74, 6) is 0.208. The van der Waals surface area contributed by atoms with Crippen molar-refractivity contribution in [1.29, 1.82) is 0 Å². The van der Waals surface area contributed by atoms with Gasteiger partial charge < -0.3 is 14.6 Å². The van der Waals surface area contributed by atoms with Gasteiger partial charge in [0.1, 0.15) is 24.3 Å². The smallest absolute Gasteiger partial charge is 0.252 e. The molecule has 0 aliphatic rings. The van der Waals surface area contributed by atoms with Crippen LogP contribution >= 0.6 is 0 Å². The molecule has 0 radical (unpaired) electrons. The van der Waals surface area contributed by atoms with Crippen molar-refractivity contribution in [1.82, 2.24) is 19.9 Å². The number of pyridine rings is 1. The van der Waals surface area contributed by atoms with Crippen LogP contribution < -0.4 is 10.1 Å². The first kappa shape index (κ1) is 20.3. The van der Waals surface area contributed by atoms with Gasteiger partial charge in [0.25, 0.3) is 5.91 Å². The molecule has 0 aliphatic carbocycles. The Bertz CT molecular complexity index is 1180. The van der Waals surface area contributed by atoms with Crippen LogP contribution in [-0.2, 0) is 13.7 Å². The van der Waals surface area contributed by atoms with Crippen LogP contribution in [0.3, 0.4) is 0 Å². The highest BCUT2D eigenvalue weighted by molar-refractivity contribution is 5.94. The van der Waals surface area contributed by atoms with E-state index in [2.05, 4.69) is 15.3 Å². The van der Waals surface area contributed by atoms with E-state index in [9.17, 15) is 9.18 Å². The average molecular weight is 416 g/mol. The quantitative estimate of drug-likeness (QED) is 0.493. The zero-order chi connectivity index (χ0) is 21.6. The molecule has 0 bridgehead atoms. The van der Waals surface area contributed by atoms with Crippen LogP contribution in [0.2, 0.25) is 0 Å². The lowest BCUT2D eigenvalue weighted by Crippen LogP contribution is -2.31. The van der Waals surface area contributed by atoms with Gasteiger partial charge >= 0.3 is 0 Å². The Balaban J connectivity index is 1.54. The fourth-order valence-electron chi connectivity index (χ4n) is 3.21. The summed E-state index contributed by atoms with van der Waals surface area (Å²) >= 11 is 0. The SMILES string of the molecule is Cn1ccnc1C(NC(=O)c1ccnc(OCc2ccccc2)c1)c1cccc(F)c1. The molecule has 2 aromatic heterocycles. The third-order valence-corrected chi connectivity index (χ3v) is 4.80. The molecule has 4 rings (SSSR count).